The fourth-order valence-corrected chi connectivity index (χ4v) is 1.16. The molecule has 0 bridgehead atoms. The maximum atomic E-state index is 12.8. The maximum absolute atomic E-state index is 12.8. The number of Topliss-reactive ketones (excluding diaryl/α,β-unsaturated/α-hetero) is 1. The highest BCUT2D eigenvalue weighted by molar-refractivity contribution is 5.99. The van der Waals surface area contributed by atoms with Crippen LogP contribution in [0.15, 0.2) is 18.2 Å². The molecule has 0 saturated carbocycles. The molecule has 80 valence electrons. The van der Waals surface area contributed by atoms with Gasteiger partial charge >= 0.3 is 0 Å². The first kappa shape index (κ1) is 11.3. The highest BCUT2D eigenvalue weighted by Gasteiger charge is 2.19. The first-order valence-corrected chi connectivity index (χ1v) is 4.23. The molecule has 0 saturated heterocycles. The van der Waals surface area contributed by atoms with Crippen LogP contribution in [-0.4, -0.2) is 17.3 Å². The largest absolute Gasteiger partial charge is 0.330 e. The summed E-state index contributed by atoms with van der Waals surface area (Å²) in [6.45, 7) is 0.0759. The summed E-state index contributed by atoms with van der Waals surface area (Å²) in [5.41, 5.74) is 4.52. The Labute approximate surface area is 84.8 Å². The number of nitrogens with zero attached hydrogens (tertiary/aromatic N) is 1. The van der Waals surface area contributed by atoms with E-state index in [4.69, 9.17) is 5.73 Å². The van der Waals surface area contributed by atoms with E-state index in [1.165, 1.54) is 0 Å². The van der Waals surface area contributed by atoms with Crippen LogP contribution in [0.1, 0.15) is 16.8 Å². The summed E-state index contributed by atoms with van der Waals surface area (Å²) in [6, 6.07) is 2.77. The summed E-state index contributed by atoms with van der Waals surface area (Å²) in [5.74, 6) is -1.20. The Morgan fingerprint density at radius 3 is 2.73 bits per heavy atom. The van der Waals surface area contributed by atoms with Gasteiger partial charge in [0.1, 0.15) is 5.82 Å². The molecule has 0 aliphatic rings. The lowest BCUT2D eigenvalue weighted by Crippen LogP contribution is -2.10. The fourth-order valence-electron chi connectivity index (χ4n) is 1.16. The van der Waals surface area contributed by atoms with Crippen LogP contribution >= 0.6 is 0 Å². The topological polar surface area (TPSA) is 86.2 Å². The lowest BCUT2D eigenvalue weighted by molar-refractivity contribution is -0.385. The summed E-state index contributed by atoms with van der Waals surface area (Å²) < 4.78 is 12.8. The molecule has 5 nitrogen and oxygen atoms in total. The van der Waals surface area contributed by atoms with Gasteiger partial charge in [-0.05, 0) is 18.7 Å². The molecule has 0 fully saturated rings. The molecule has 0 aliphatic heterocycles. The van der Waals surface area contributed by atoms with E-state index < -0.39 is 22.2 Å². The van der Waals surface area contributed by atoms with E-state index in [-0.39, 0.29) is 18.5 Å². The molecule has 6 heteroatoms. The van der Waals surface area contributed by atoms with Crippen LogP contribution in [-0.2, 0) is 0 Å². The number of carbonyl (C=O) groups is 1. The van der Waals surface area contributed by atoms with Crippen LogP contribution in [0.4, 0.5) is 10.1 Å². The van der Waals surface area contributed by atoms with E-state index in [1.54, 1.807) is 0 Å². The molecule has 1 rings (SSSR count). The van der Waals surface area contributed by atoms with Crippen molar-refractivity contribution >= 4 is 11.5 Å². The van der Waals surface area contributed by atoms with E-state index in [0.29, 0.717) is 0 Å². The van der Waals surface area contributed by atoms with Gasteiger partial charge in [-0.25, -0.2) is 4.39 Å². The van der Waals surface area contributed by atoms with Gasteiger partial charge < -0.3 is 5.73 Å². The molecule has 0 aliphatic carbocycles. The minimum absolute atomic E-state index is 0.0374. The van der Waals surface area contributed by atoms with Crippen LogP contribution < -0.4 is 5.73 Å². The van der Waals surface area contributed by atoms with Crippen LogP contribution in [0, 0.1) is 15.9 Å². The molecule has 1 aromatic carbocycles. The second-order valence-electron chi connectivity index (χ2n) is 2.88. The van der Waals surface area contributed by atoms with Crippen molar-refractivity contribution < 1.29 is 14.1 Å². The molecule has 1 aromatic rings. The Morgan fingerprint density at radius 1 is 1.53 bits per heavy atom. The third-order valence-corrected chi connectivity index (χ3v) is 1.83. The van der Waals surface area contributed by atoms with Crippen molar-refractivity contribution in [2.45, 2.75) is 6.42 Å². The van der Waals surface area contributed by atoms with Crippen molar-refractivity contribution in [1.82, 2.24) is 0 Å². The first-order chi connectivity index (χ1) is 7.06. The maximum Gasteiger partial charge on any atom is 0.280 e. The van der Waals surface area contributed by atoms with Gasteiger partial charge in [-0.3, -0.25) is 14.9 Å². The molecule has 0 spiro atoms. The van der Waals surface area contributed by atoms with Crippen molar-refractivity contribution in [3.05, 3.63) is 39.7 Å². The molecule has 2 N–H and O–H groups in total. The summed E-state index contributed by atoms with van der Waals surface area (Å²) in [4.78, 5) is 21.2. The van der Waals surface area contributed by atoms with E-state index in [9.17, 15) is 19.3 Å². The number of nitrogens with two attached hydrogens (primary N) is 1. The van der Waals surface area contributed by atoms with Gasteiger partial charge in [0.25, 0.3) is 5.69 Å². The second kappa shape index (κ2) is 4.61. The van der Waals surface area contributed by atoms with Crippen LogP contribution in [0.3, 0.4) is 0 Å². The number of ketones is 1. The van der Waals surface area contributed by atoms with Crippen molar-refractivity contribution in [3.63, 3.8) is 0 Å². The summed E-state index contributed by atoms with van der Waals surface area (Å²) in [7, 11) is 0. The molecule has 0 heterocycles. The minimum atomic E-state index is -0.719. The lowest BCUT2D eigenvalue weighted by atomic mass is 10.1. The number of hydrogen-bond donors (Lipinski definition) is 1. The van der Waals surface area contributed by atoms with Gasteiger partial charge in [0.2, 0.25) is 0 Å². The number of halogens is 1. The van der Waals surface area contributed by atoms with Gasteiger partial charge in [-0.2, -0.15) is 0 Å². The van der Waals surface area contributed by atoms with Crippen molar-refractivity contribution in [2.24, 2.45) is 5.73 Å². The Bertz CT molecular complexity index is 406. The molecule has 15 heavy (non-hydrogen) atoms. The summed E-state index contributed by atoms with van der Waals surface area (Å²) in [6.07, 6.45) is -0.0374. The quantitative estimate of drug-likeness (QED) is 0.462. The molecule has 0 amide bonds. The number of rotatable bonds is 4. The number of carbonyl (C=O) groups excluding carboxylic acids is 1. The third-order valence-electron chi connectivity index (χ3n) is 1.83. The second-order valence-corrected chi connectivity index (χ2v) is 2.88. The normalized spacial score (nSPS) is 10.0. The van der Waals surface area contributed by atoms with Crippen molar-refractivity contribution in [2.75, 3.05) is 6.54 Å². The molecular weight excluding hydrogens is 203 g/mol. The number of benzene rings is 1. The van der Waals surface area contributed by atoms with Gasteiger partial charge in [0, 0.05) is 12.5 Å². The zero-order valence-corrected chi connectivity index (χ0v) is 7.77. The Balaban J connectivity index is 3.18. The standard InChI is InChI=1S/C9H9FN2O3/c10-6-1-2-8(12(14)15)7(5-6)9(13)3-4-11/h1-2,5H,3-4,11H2. The molecular formula is C9H9FN2O3. The van der Waals surface area contributed by atoms with Crippen molar-refractivity contribution in [1.29, 1.82) is 0 Å². The van der Waals surface area contributed by atoms with E-state index in [2.05, 4.69) is 0 Å². The number of nitro benzene ring substituents is 1. The van der Waals surface area contributed by atoms with Crippen molar-refractivity contribution in [3.8, 4) is 0 Å². The third kappa shape index (κ3) is 2.57. The lowest BCUT2D eigenvalue weighted by Gasteiger charge is -2.00. The smallest absolute Gasteiger partial charge is 0.280 e. The van der Waals surface area contributed by atoms with Gasteiger partial charge in [0.05, 0.1) is 10.5 Å². The molecule has 0 unspecified atom stereocenters. The summed E-state index contributed by atoms with van der Waals surface area (Å²) in [5, 5.41) is 10.5. The van der Waals surface area contributed by atoms with E-state index >= 15 is 0 Å². The first-order valence-electron chi connectivity index (χ1n) is 4.23. The Morgan fingerprint density at radius 2 is 2.20 bits per heavy atom. The van der Waals surface area contributed by atoms with E-state index in [1.807, 2.05) is 0 Å². The monoisotopic (exact) mass is 212 g/mol. The average molecular weight is 212 g/mol. The van der Waals surface area contributed by atoms with Gasteiger partial charge in [0.15, 0.2) is 5.78 Å². The SMILES string of the molecule is NCCC(=O)c1cc(F)ccc1[N+](=O)[O-]. The Kier molecular flexibility index (Phi) is 3.46. The van der Waals surface area contributed by atoms with Gasteiger partial charge in [-0.15, -0.1) is 0 Å². The number of hydrogen-bond acceptors (Lipinski definition) is 4. The van der Waals surface area contributed by atoms with Crippen LogP contribution in [0.25, 0.3) is 0 Å². The predicted molar refractivity (Wildman–Crippen MR) is 51.1 cm³/mol. The van der Waals surface area contributed by atoms with Gasteiger partial charge in [-0.1, -0.05) is 0 Å². The highest BCUT2D eigenvalue weighted by Crippen LogP contribution is 2.20. The minimum Gasteiger partial charge on any atom is -0.330 e. The highest BCUT2D eigenvalue weighted by atomic mass is 19.1. The zero-order chi connectivity index (χ0) is 11.4. The van der Waals surface area contributed by atoms with Crippen LogP contribution in [0.5, 0.6) is 0 Å². The summed E-state index contributed by atoms with van der Waals surface area (Å²) >= 11 is 0. The zero-order valence-electron chi connectivity index (χ0n) is 7.77. The number of nitro groups is 1. The van der Waals surface area contributed by atoms with E-state index in [0.717, 1.165) is 18.2 Å². The Hall–Kier alpha value is -1.82. The molecule has 0 radical (unpaired) electrons. The average Bonchev–Trinajstić information content (AvgIpc) is 2.17. The predicted octanol–water partition coefficient (Wildman–Crippen LogP) is 1.27. The molecule has 0 atom stereocenters. The fraction of sp³-hybridized carbons (Fsp3) is 0.222. The van der Waals surface area contributed by atoms with Crippen LogP contribution in [0.2, 0.25) is 0 Å². The molecule has 0 aromatic heterocycles.